The third-order valence-electron chi connectivity index (χ3n) is 4.75. The molecule has 2 aromatic carbocycles. The van der Waals surface area contributed by atoms with Crippen molar-refractivity contribution in [2.75, 3.05) is 12.4 Å². The highest BCUT2D eigenvalue weighted by Crippen LogP contribution is 2.31. The van der Waals surface area contributed by atoms with Crippen molar-refractivity contribution in [1.82, 2.24) is 19.1 Å². The van der Waals surface area contributed by atoms with Crippen LogP contribution in [-0.4, -0.2) is 32.1 Å². The van der Waals surface area contributed by atoms with Crippen LogP contribution in [0.5, 0.6) is 5.75 Å². The van der Waals surface area contributed by atoms with Crippen LogP contribution in [0.15, 0.2) is 73.1 Å². The molecule has 1 amide bonds. The van der Waals surface area contributed by atoms with Crippen LogP contribution in [0.4, 0.5) is 18.9 Å². The Bertz CT molecular complexity index is 1340. The lowest BCUT2D eigenvalue weighted by atomic mass is 10.2. The summed E-state index contributed by atoms with van der Waals surface area (Å²) in [7, 11) is 1.53. The Labute approximate surface area is 191 Å². The molecule has 2 heterocycles. The summed E-state index contributed by atoms with van der Waals surface area (Å²) in [4.78, 5) is 12.6. The molecule has 7 nitrogen and oxygen atoms in total. The SMILES string of the molecule is COc1ccccc1-c1nn(CC(=O)Nc2cccc(C(F)(F)F)c2)c(=S)n1-n1cccc1. The summed E-state index contributed by atoms with van der Waals surface area (Å²) < 4.78 is 49.2. The maximum Gasteiger partial charge on any atom is 0.416 e. The fourth-order valence-corrected chi connectivity index (χ4v) is 3.56. The molecular formula is C22H18F3N5O2S. The molecule has 0 bridgehead atoms. The average molecular weight is 473 g/mol. The quantitative estimate of drug-likeness (QED) is 0.406. The molecule has 0 aliphatic carbocycles. The maximum absolute atomic E-state index is 13.0. The number of nitrogens with zero attached hydrogens (tertiary/aromatic N) is 4. The largest absolute Gasteiger partial charge is 0.496 e. The van der Waals surface area contributed by atoms with Gasteiger partial charge in [-0.1, -0.05) is 18.2 Å². The lowest BCUT2D eigenvalue weighted by Crippen LogP contribution is -2.20. The predicted octanol–water partition coefficient (Wildman–Crippen LogP) is 4.86. The standard InChI is InChI=1S/C22H18F3N5O2S/c1-32-18-10-3-2-9-17(18)20-27-29(21(33)30(20)28-11-4-5-12-28)14-19(31)26-16-8-6-7-15(13-16)22(23,24)25/h2-13H,14H2,1H3,(H,26,31). The molecule has 0 saturated carbocycles. The normalized spacial score (nSPS) is 11.4. The van der Waals surface area contributed by atoms with Gasteiger partial charge < -0.3 is 10.1 Å². The Morgan fingerprint density at radius 1 is 1.09 bits per heavy atom. The lowest BCUT2D eigenvalue weighted by Gasteiger charge is -2.10. The third-order valence-corrected chi connectivity index (χ3v) is 5.14. The van der Waals surface area contributed by atoms with Gasteiger partial charge in [-0.3, -0.25) is 9.47 Å². The van der Waals surface area contributed by atoms with E-state index in [1.54, 1.807) is 27.8 Å². The molecule has 1 N–H and O–H groups in total. The van der Waals surface area contributed by atoms with Crippen molar-refractivity contribution in [2.24, 2.45) is 0 Å². The molecule has 4 rings (SSSR count). The zero-order chi connectivity index (χ0) is 23.6. The van der Waals surface area contributed by atoms with Crippen molar-refractivity contribution < 1.29 is 22.7 Å². The predicted molar refractivity (Wildman–Crippen MR) is 118 cm³/mol. The van der Waals surface area contributed by atoms with Gasteiger partial charge in [0.1, 0.15) is 12.3 Å². The van der Waals surface area contributed by atoms with E-state index < -0.39 is 17.6 Å². The number of amides is 1. The van der Waals surface area contributed by atoms with Crippen LogP contribution in [0, 0.1) is 4.77 Å². The molecule has 4 aromatic rings. The summed E-state index contributed by atoms with van der Waals surface area (Å²) >= 11 is 5.57. The number of aromatic nitrogens is 4. The number of hydrogen-bond donors (Lipinski definition) is 1. The van der Waals surface area contributed by atoms with Crippen molar-refractivity contribution in [3.63, 3.8) is 0 Å². The highest BCUT2D eigenvalue weighted by Gasteiger charge is 2.30. The number of methoxy groups -OCH3 is 1. The van der Waals surface area contributed by atoms with Gasteiger partial charge >= 0.3 is 6.18 Å². The molecule has 2 aromatic heterocycles. The smallest absolute Gasteiger partial charge is 0.416 e. The van der Waals surface area contributed by atoms with Crippen LogP contribution < -0.4 is 10.1 Å². The van der Waals surface area contributed by atoms with Crippen molar-refractivity contribution >= 4 is 23.8 Å². The summed E-state index contributed by atoms with van der Waals surface area (Å²) in [6, 6.07) is 15.3. The van der Waals surface area contributed by atoms with Crippen molar-refractivity contribution in [1.29, 1.82) is 0 Å². The minimum atomic E-state index is -4.51. The zero-order valence-corrected chi connectivity index (χ0v) is 18.1. The second-order valence-corrected chi connectivity index (χ2v) is 7.33. The van der Waals surface area contributed by atoms with Crippen LogP contribution >= 0.6 is 12.2 Å². The molecule has 11 heteroatoms. The van der Waals surface area contributed by atoms with E-state index in [1.807, 2.05) is 30.3 Å². The molecule has 170 valence electrons. The number of carbonyl (C=O) groups is 1. The van der Waals surface area contributed by atoms with Gasteiger partial charge in [-0.2, -0.15) is 13.2 Å². The molecule has 0 unspecified atom stereocenters. The summed E-state index contributed by atoms with van der Waals surface area (Å²) in [5.41, 5.74) is -0.180. The Balaban J connectivity index is 1.68. The summed E-state index contributed by atoms with van der Waals surface area (Å²) in [6.45, 7) is -0.300. The number of carbonyl (C=O) groups excluding carboxylic acids is 1. The highest BCUT2D eigenvalue weighted by molar-refractivity contribution is 7.71. The van der Waals surface area contributed by atoms with Gasteiger partial charge in [0.25, 0.3) is 0 Å². The molecular weight excluding hydrogens is 455 g/mol. The van der Waals surface area contributed by atoms with Gasteiger partial charge in [0.05, 0.1) is 18.2 Å². The third kappa shape index (κ3) is 4.67. The molecule has 0 atom stereocenters. The first-order valence-corrected chi connectivity index (χ1v) is 10.1. The first-order chi connectivity index (χ1) is 15.8. The minimum Gasteiger partial charge on any atom is -0.496 e. The minimum absolute atomic E-state index is 0.0242. The van der Waals surface area contributed by atoms with E-state index >= 15 is 0 Å². The molecule has 0 radical (unpaired) electrons. The van der Waals surface area contributed by atoms with Crippen molar-refractivity contribution in [3.05, 3.63) is 83.4 Å². The second-order valence-electron chi connectivity index (χ2n) is 6.97. The zero-order valence-electron chi connectivity index (χ0n) is 17.3. The van der Waals surface area contributed by atoms with Crippen LogP contribution in [0.3, 0.4) is 0 Å². The molecule has 33 heavy (non-hydrogen) atoms. The van der Waals surface area contributed by atoms with Gasteiger partial charge in [-0.25, -0.2) is 9.36 Å². The fourth-order valence-electron chi connectivity index (χ4n) is 3.28. The molecule has 0 saturated heterocycles. The van der Waals surface area contributed by atoms with E-state index in [9.17, 15) is 18.0 Å². The number of halogens is 3. The Hall–Kier alpha value is -3.86. The first kappa shape index (κ1) is 22.3. The van der Waals surface area contributed by atoms with Crippen LogP contribution in [-0.2, 0) is 17.5 Å². The first-order valence-electron chi connectivity index (χ1n) is 9.72. The molecule has 0 spiro atoms. The second kappa shape index (κ2) is 8.94. The monoisotopic (exact) mass is 473 g/mol. The van der Waals surface area contributed by atoms with Gasteiger partial charge in [0.2, 0.25) is 10.7 Å². The lowest BCUT2D eigenvalue weighted by molar-refractivity contribution is -0.137. The number of nitrogens with one attached hydrogen (secondary N) is 1. The number of benzene rings is 2. The Morgan fingerprint density at radius 3 is 2.52 bits per heavy atom. The molecule has 0 fully saturated rings. The van der Waals surface area contributed by atoms with Gasteiger partial charge in [0, 0.05) is 18.1 Å². The number of para-hydroxylation sites is 1. The number of hydrogen-bond acceptors (Lipinski definition) is 4. The van der Waals surface area contributed by atoms with E-state index in [-0.39, 0.29) is 17.0 Å². The van der Waals surface area contributed by atoms with E-state index in [4.69, 9.17) is 17.0 Å². The van der Waals surface area contributed by atoms with Crippen molar-refractivity contribution in [3.8, 4) is 17.1 Å². The van der Waals surface area contributed by atoms with Crippen LogP contribution in [0.25, 0.3) is 11.4 Å². The Morgan fingerprint density at radius 2 is 1.82 bits per heavy atom. The maximum atomic E-state index is 13.0. The summed E-state index contributed by atoms with van der Waals surface area (Å²) in [5, 5.41) is 6.99. The highest BCUT2D eigenvalue weighted by atomic mass is 32.1. The van der Waals surface area contributed by atoms with E-state index in [0.717, 1.165) is 12.1 Å². The Kier molecular flexibility index (Phi) is 6.05. The van der Waals surface area contributed by atoms with Crippen molar-refractivity contribution in [2.45, 2.75) is 12.7 Å². The van der Waals surface area contributed by atoms with Gasteiger partial charge in [-0.15, -0.1) is 5.10 Å². The summed E-state index contributed by atoms with van der Waals surface area (Å²) in [5.74, 6) is 0.418. The van der Waals surface area contributed by atoms with Crippen LogP contribution in [0.1, 0.15) is 5.56 Å². The van der Waals surface area contributed by atoms with Gasteiger partial charge in [-0.05, 0) is 54.7 Å². The van der Waals surface area contributed by atoms with Crippen LogP contribution in [0.2, 0.25) is 0 Å². The fraction of sp³-hybridized carbons (Fsp3) is 0.136. The number of anilines is 1. The average Bonchev–Trinajstić information content (AvgIpc) is 3.41. The molecule has 0 aliphatic heterocycles. The van der Waals surface area contributed by atoms with E-state index in [0.29, 0.717) is 17.1 Å². The topological polar surface area (TPSA) is 66.0 Å². The van der Waals surface area contributed by atoms with Gasteiger partial charge in [0.15, 0.2) is 5.82 Å². The van der Waals surface area contributed by atoms with E-state index in [2.05, 4.69) is 10.4 Å². The number of ether oxygens (including phenoxy) is 1. The summed E-state index contributed by atoms with van der Waals surface area (Å²) in [6.07, 6.45) is -0.977. The molecule has 0 aliphatic rings. The number of alkyl halides is 3. The number of rotatable bonds is 6. The van der Waals surface area contributed by atoms with E-state index in [1.165, 1.54) is 23.9 Å².